The Kier molecular flexibility index (Phi) is 6.29. The number of benzene rings is 1. The molecule has 0 radical (unpaired) electrons. The lowest BCUT2D eigenvalue weighted by Crippen LogP contribution is -2.35. The molecule has 27 heavy (non-hydrogen) atoms. The molecule has 5 nitrogen and oxygen atoms in total. The maximum atomic E-state index is 13.3. The molecule has 1 aromatic heterocycles. The molecule has 146 valence electrons. The Morgan fingerprint density at radius 2 is 1.93 bits per heavy atom. The van der Waals surface area contributed by atoms with Gasteiger partial charge in [0.1, 0.15) is 10.0 Å². The molecule has 1 saturated heterocycles. The molecule has 0 aliphatic carbocycles. The first-order valence-corrected chi connectivity index (χ1v) is 11.2. The lowest BCUT2D eigenvalue weighted by Gasteiger charge is -2.25. The molecule has 1 fully saturated rings. The number of hydrogen-bond acceptors (Lipinski definition) is 4. The fourth-order valence-corrected chi connectivity index (χ4v) is 6.09. The molecule has 8 heteroatoms. The van der Waals surface area contributed by atoms with E-state index in [9.17, 15) is 17.6 Å². The van der Waals surface area contributed by atoms with E-state index in [0.29, 0.717) is 34.3 Å². The van der Waals surface area contributed by atoms with Crippen LogP contribution in [-0.2, 0) is 27.8 Å². The summed E-state index contributed by atoms with van der Waals surface area (Å²) in [7, 11) is -3.46. The van der Waals surface area contributed by atoms with Gasteiger partial charge in [-0.3, -0.25) is 4.79 Å². The summed E-state index contributed by atoms with van der Waals surface area (Å²) in [4.78, 5) is 12.9. The quantitative estimate of drug-likeness (QED) is 0.795. The molecule has 1 aromatic carbocycles. The predicted molar refractivity (Wildman–Crippen MR) is 104 cm³/mol. The van der Waals surface area contributed by atoms with E-state index in [2.05, 4.69) is 5.32 Å². The average molecular weight is 411 g/mol. The van der Waals surface area contributed by atoms with Crippen LogP contribution in [0.15, 0.2) is 34.5 Å². The molecule has 1 aliphatic heterocycles. The van der Waals surface area contributed by atoms with Crippen LogP contribution in [0.1, 0.15) is 35.3 Å². The van der Waals surface area contributed by atoms with Gasteiger partial charge in [-0.1, -0.05) is 18.6 Å². The van der Waals surface area contributed by atoms with Crippen molar-refractivity contribution in [3.63, 3.8) is 0 Å². The van der Waals surface area contributed by atoms with Crippen molar-refractivity contribution >= 4 is 27.3 Å². The summed E-state index contributed by atoms with van der Waals surface area (Å²) in [5, 5.41) is 2.79. The highest BCUT2D eigenvalue weighted by molar-refractivity contribution is 7.91. The standard InChI is InChI=1S/C19H23FN2O3S2/c1-14-11-15(5-7-17(14)20)13-21-18(23)12-16-6-8-19(26-16)27(24,25)22-9-3-2-4-10-22/h5-8,11H,2-4,9-10,12-13H2,1H3,(H,21,23). The number of carbonyl (C=O) groups is 1. The number of nitrogens with zero attached hydrogens (tertiary/aromatic N) is 1. The van der Waals surface area contributed by atoms with E-state index in [1.54, 1.807) is 31.2 Å². The number of rotatable bonds is 6. The smallest absolute Gasteiger partial charge is 0.252 e. The van der Waals surface area contributed by atoms with Crippen molar-refractivity contribution in [1.29, 1.82) is 0 Å². The minimum atomic E-state index is -3.46. The molecule has 1 N–H and O–H groups in total. The van der Waals surface area contributed by atoms with Gasteiger partial charge in [-0.2, -0.15) is 4.31 Å². The van der Waals surface area contributed by atoms with Crippen LogP contribution in [0.3, 0.4) is 0 Å². The predicted octanol–water partition coefficient (Wildman–Crippen LogP) is 3.23. The highest BCUT2D eigenvalue weighted by Gasteiger charge is 2.27. The van der Waals surface area contributed by atoms with Gasteiger partial charge in [-0.15, -0.1) is 11.3 Å². The first-order valence-electron chi connectivity index (χ1n) is 8.97. The number of carbonyl (C=O) groups excluding carboxylic acids is 1. The van der Waals surface area contributed by atoms with Crippen LogP contribution in [0.2, 0.25) is 0 Å². The number of hydrogen-bond donors (Lipinski definition) is 1. The van der Waals surface area contributed by atoms with Gasteiger partial charge in [0.15, 0.2) is 0 Å². The van der Waals surface area contributed by atoms with Crippen molar-refractivity contribution in [2.75, 3.05) is 13.1 Å². The Morgan fingerprint density at radius 3 is 2.63 bits per heavy atom. The topological polar surface area (TPSA) is 66.5 Å². The Morgan fingerprint density at radius 1 is 1.19 bits per heavy atom. The number of thiophene rings is 1. The highest BCUT2D eigenvalue weighted by atomic mass is 32.2. The van der Waals surface area contributed by atoms with Gasteiger partial charge in [0.05, 0.1) is 6.42 Å². The summed E-state index contributed by atoms with van der Waals surface area (Å²) in [6, 6.07) is 8.00. The Bertz CT molecular complexity index is 919. The summed E-state index contributed by atoms with van der Waals surface area (Å²) >= 11 is 1.15. The zero-order valence-corrected chi connectivity index (χ0v) is 16.8. The molecule has 0 saturated carbocycles. The highest BCUT2D eigenvalue weighted by Crippen LogP contribution is 2.27. The van der Waals surface area contributed by atoms with Gasteiger partial charge < -0.3 is 5.32 Å². The van der Waals surface area contributed by atoms with E-state index < -0.39 is 10.0 Å². The third kappa shape index (κ3) is 4.94. The number of halogens is 1. The second kappa shape index (κ2) is 8.50. The molecular formula is C19H23FN2O3S2. The molecule has 0 unspecified atom stereocenters. The van der Waals surface area contributed by atoms with Crippen molar-refractivity contribution in [1.82, 2.24) is 9.62 Å². The van der Waals surface area contributed by atoms with Crippen LogP contribution >= 0.6 is 11.3 Å². The van der Waals surface area contributed by atoms with Crippen molar-refractivity contribution in [2.45, 2.75) is 43.4 Å². The second-order valence-electron chi connectivity index (χ2n) is 6.72. The van der Waals surface area contributed by atoms with Crippen molar-refractivity contribution < 1.29 is 17.6 Å². The van der Waals surface area contributed by atoms with E-state index in [-0.39, 0.29) is 18.1 Å². The zero-order chi connectivity index (χ0) is 19.4. The fraction of sp³-hybridized carbons (Fsp3) is 0.421. The lowest BCUT2D eigenvalue weighted by molar-refractivity contribution is -0.120. The largest absolute Gasteiger partial charge is 0.352 e. The van der Waals surface area contributed by atoms with E-state index in [1.807, 2.05) is 0 Å². The van der Waals surface area contributed by atoms with E-state index in [4.69, 9.17) is 0 Å². The minimum Gasteiger partial charge on any atom is -0.352 e. The van der Waals surface area contributed by atoms with E-state index in [0.717, 1.165) is 36.2 Å². The minimum absolute atomic E-state index is 0.125. The van der Waals surface area contributed by atoms with Gasteiger partial charge in [0.2, 0.25) is 5.91 Å². The average Bonchev–Trinajstić information content (AvgIpc) is 3.13. The molecule has 1 aliphatic rings. The summed E-state index contributed by atoms with van der Waals surface area (Å²) in [5.74, 6) is -0.466. The third-order valence-corrected chi connectivity index (χ3v) is 8.04. The molecule has 2 aromatic rings. The number of sulfonamides is 1. The zero-order valence-electron chi connectivity index (χ0n) is 15.2. The van der Waals surface area contributed by atoms with Gasteiger partial charge in [-0.05, 0) is 49.1 Å². The second-order valence-corrected chi connectivity index (χ2v) is 10.1. The Balaban J connectivity index is 1.58. The molecule has 1 amide bonds. The SMILES string of the molecule is Cc1cc(CNC(=O)Cc2ccc(S(=O)(=O)N3CCCCC3)s2)ccc1F. The number of amides is 1. The monoisotopic (exact) mass is 410 g/mol. The van der Waals surface area contributed by atoms with Crippen LogP contribution in [0, 0.1) is 12.7 Å². The molecule has 2 heterocycles. The van der Waals surface area contributed by atoms with Gasteiger partial charge in [0.25, 0.3) is 10.0 Å². The summed E-state index contributed by atoms with van der Waals surface area (Å²) < 4.78 is 40.4. The van der Waals surface area contributed by atoms with Crippen LogP contribution < -0.4 is 5.32 Å². The summed E-state index contributed by atoms with van der Waals surface area (Å²) in [6.07, 6.45) is 2.97. The first-order chi connectivity index (χ1) is 12.9. The third-order valence-electron chi connectivity index (χ3n) is 4.59. The number of nitrogens with one attached hydrogen (secondary N) is 1. The molecule has 0 bridgehead atoms. The maximum Gasteiger partial charge on any atom is 0.252 e. The fourth-order valence-electron chi connectivity index (χ4n) is 3.06. The summed E-state index contributed by atoms with van der Waals surface area (Å²) in [5.41, 5.74) is 1.36. The van der Waals surface area contributed by atoms with E-state index in [1.165, 1.54) is 10.4 Å². The van der Waals surface area contributed by atoms with Crippen molar-refractivity contribution in [2.24, 2.45) is 0 Å². The molecule has 3 rings (SSSR count). The van der Waals surface area contributed by atoms with E-state index >= 15 is 0 Å². The van der Waals surface area contributed by atoms with Crippen molar-refractivity contribution in [3.05, 3.63) is 52.2 Å². The van der Waals surface area contributed by atoms with Gasteiger partial charge in [0, 0.05) is 24.5 Å². The molecule has 0 spiro atoms. The van der Waals surface area contributed by atoms with Crippen LogP contribution in [0.4, 0.5) is 4.39 Å². The maximum absolute atomic E-state index is 13.3. The van der Waals surface area contributed by atoms with Crippen LogP contribution in [0.5, 0.6) is 0 Å². The van der Waals surface area contributed by atoms with Crippen molar-refractivity contribution in [3.8, 4) is 0 Å². The number of aryl methyl sites for hydroxylation is 1. The Labute approximate surface area is 163 Å². The normalized spacial score (nSPS) is 15.6. The lowest BCUT2D eigenvalue weighted by atomic mass is 10.1. The molecule has 0 atom stereocenters. The Hall–Kier alpha value is -1.77. The van der Waals surface area contributed by atoms with Crippen LogP contribution in [-0.4, -0.2) is 31.7 Å². The number of piperidine rings is 1. The van der Waals surface area contributed by atoms with Gasteiger partial charge in [-0.25, -0.2) is 12.8 Å². The first kappa shape index (κ1) is 20.0. The van der Waals surface area contributed by atoms with Crippen LogP contribution in [0.25, 0.3) is 0 Å². The van der Waals surface area contributed by atoms with Gasteiger partial charge >= 0.3 is 0 Å². The molecular weight excluding hydrogens is 387 g/mol. The summed E-state index contributed by atoms with van der Waals surface area (Å²) in [6.45, 7) is 3.11.